The summed E-state index contributed by atoms with van der Waals surface area (Å²) in [4.78, 5) is 9.50. The molecule has 0 aliphatic heterocycles. The predicted octanol–water partition coefficient (Wildman–Crippen LogP) is 2.26. The van der Waals surface area contributed by atoms with Crippen LogP contribution in [-0.2, 0) is 4.79 Å². The van der Waals surface area contributed by atoms with Gasteiger partial charge in [0.2, 0.25) is 0 Å². The van der Waals surface area contributed by atoms with Crippen LogP contribution in [-0.4, -0.2) is 11.6 Å². The quantitative estimate of drug-likeness (QED) is 0.421. The molecule has 0 spiro atoms. The second-order valence-corrected chi connectivity index (χ2v) is 2.29. The monoisotopic (exact) mass is 156 g/mol. The summed E-state index contributed by atoms with van der Waals surface area (Å²) in [6.07, 6.45) is 0.917. The van der Waals surface area contributed by atoms with E-state index in [4.69, 9.17) is 23.2 Å². The summed E-state index contributed by atoms with van der Waals surface area (Å²) in [6.45, 7) is 3.71. The van der Waals surface area contributed by atoms with Crippen LogP contribution in [0.5, 0.6) is 0 Å². The molecule has 0 fully saturated rings. The Kier molecular flexibility index (Phi) is 14.3. The summed E-state index contributed by atoms with van der Waals surface area (Å²) < 4.78 is 0. The Morgan fingerprint density at radius 3 is 1.62 bits per heavy atom. The van der Waals surface area contributed by atoms with Crippen molar-refractivity contribution in [2.45, 2.75) is 13.8 Å². The normalized spacial score (nSPS) is 7.62. The van der Waals surface area contributed by atoms with Crippen LogP contribution in [0, 0.1) is 5.92 Å². The molecule has 0 heterocycles. The first-order valence-electron chi connectivity index (χ1n) is 2.26. The van der Waals surface area contributed by atoms with Gasteiger partial charge < -0.3 is 4.79 Å². The molecule has 3 heteroatoms. The smallest absolute Gasteiger partial charge is 0.122 e. The van der Waals surface area contributed by atoms with Gasteiger partial charge in [-0.1, -0.05) is 13.8 Å². The van der Waals surface area contributed by atoms with E-state index in [-0.39, 0.29) is 11.3 Å². The van der Waals surface area contributed by atoms with Crippen LogP contribution in [0.4, 0.5) is 0 Å². The number of carbonyl (C=O) groups excluding carboxylic acids is 1. The highest BCUT2D eigenvalue weighted by Crippen LogP contribution is 1.78. The van der Waals surface area contributed by atoms with E-state index in [1.165, 1.54) is 0 Å². The van der Waals surface area contributed by atoms with Crippen LogP contribution in [0.15, 0.2) is 0 Å². The second-order valence-electron chi connectivity index (χ2n) is 1.48. The van der Waals surface area contributed by atoms with Crippen LogP contribution in [0.1, 0.15) is 13.8 Å². The zero-order valence-electron chi connectivity index (χ0n) is 5.03. The summed E-state index contributed by atoms with van der Waals surface area (Å²) in [5, 5.41) is 0.194. The minimum Gasteiger partial charge on any atom is -0.303 e. The number of halogens is 2. The summed E-state index contributed by atoms with van der Waals surface area (Å²) in [6, 6.07) is 0. The third-order valence-electron chi connectivity index (χ3n) is 0.272. The number of carbonyl (C=O) groups is 1. The molecule has 0 aliphatic rings. The lowest BCUT2D eigenvalue weighted by Crippen LogP contribution is -1.82. The zero-order valence-corrected chi connectivity index (χ0v) is 6.54. The van der Waals surface area contributed by atoms with Gasteiger partial charge in [0.1, 0.15) is 6.29 Å². The topological polar surface area (TPSA) is 17.1 Å². The van der Waals surface area contributed by atoms with E-state index < -0.39 is 0 Å². The Labute approximate surface area is 60.0 Å². The fraction of sp³-hybridized carbons (Fsp3) is 0.800. The molecule has 0 atom stereocenters. The van der Waals surface area contributed by atoms with Crippen LogP contribution in [0.3, 0.4) is 0 Å². The highest BCUT2D eigenvalue weighted by Gasteiger charge is 1.79. The summed E-state index contributed by atoms with van der Waals surface area (Å²) in [7, 11) is 0. The van der Waals surface area contributed by atoms with Crippen molar-refractivity contribution >= 4 is 29.5 Å². The zero-order chi connectivity index (χ0) is 6.99. The average Bonchev–Trinajstić information content (AvgIpc) is 1.69. The fourth-order valence-electron chi connectivity index (χ4n) is 0. The van der Waals surface area contributed by atoms with Crippen molar-refractivity contribution < 1.29 is 4.79 Å². The molecule has 0 aromatic carbocycles. The Morgan fingerprint density at radius 1 is 1.50 bits per heavy atom. The minimum atomic E-state index is 0.194. The van der Waals surface area contributed by atoms with E-state index >= 15 is 0 Å². The molecule has 0 radical (unpaired) electrons. The van der Waals surface area contributed by atoms with Crippen LogP contribution >= 0.6 is 23.2 Å². The van der Waals surface area contributed by atoms with E-state index in [1.54, 1.807) is 0 Å². The van der Waals surface area contributed by atoms with E-state index in [0.717, 1.165) is 6.29 Å². The van der Waals surface area contributed by atoms with Crippen LogP contribution in [0.2, 0.25) is 0 Å². The molecule has 0 amide bonds. The van der Waals surface area contributed by atoms with E-state index in [1.807, 2.05) is 13.8 Å². The van der Waals surface area contributed by atoms with Gasteiger partial charge in [0, 0.05) is 5.92 Å². The number of alkyl halides is 2. The highest BCUT2D eigenvalue weighted by atomic mass is 35.5. The molecule has 0 aromatic heterocycles. The number of rotatable bonds is 1. The molecule has 0 N–H and O–H groups in total. The summed E-state index contributed by atoms with van der Waals surface area (Å²) in [5.41, 5.74) is 0. The van der Waals surface area contributed by atoms with Gasteiger partial charge in [0.25, 0.3) is 0 Å². The van der Waals surface area contributed by atoms with Gasteiger partial charge in [0.15, 0.2) is 0 Å². The van der Waals surface area contributed by atoms with Gasteiger partial charge in [0.05, 0.1) is 5.34 Å². The van der Waals surface area contributed by atoms with Crippen LogP contribution < -0.4 is 0 Å². The fourth-order valence-corrected chi connectivity index (χ4v) is 0. The molecule has 1 nitrogen and oxygen atoms in total. The maximum atomic E-state index is 9.50. The molecule has 0 unspecified atom stereocenters. The average molecular weight is 157 g/mol. The first-order chi connectivity index (χ1) is 3.68. The van der Waals surface area contributed by atoms with Gasteiger partial charge in [-0.2, -0.15) is 0 Å². The van der Waals surface area contributed by atoms with Gasteiger partial charge in [-0.25, -0.2) is 0 Å². The van der Waals surface area contributed by atoms with E-state index in [9.17, 15) is 4.79 Å². The van der Waals surface area contributed by atoms with Crippen molar-refractivity contribution in [1.82, 2.24) is 0 Å². The Morgan fingerprint density at radius 2 is 1.62 bits per heavy atom. The lowest BCUT2D eigenvalue weighted by molar-refractivity contribution is -0.110. The highest BCUT2D eigenvalue weighted by molar-refractivity contribution is 6.40. The molecule has 8 heavy (non-hydrogen) atoms. The SMILES string of the molecule is CC(C)C=O.ClCCl. The van der Waals surface area contributed by atoms with Crippen molar-refractivity contribution in [3.05, 3.63) is 0 Å². The molecule has 0 aliphatic carbocycles. The molecule has 0 rings (SSSR count). The van der Waals surface area contributed by atoms with Gasteiger partial charge >= 0.3 is 0 Å². The maximum absolute atomic E-state index is 9.50. The van der Waals surface area contributed by atoms with E-state index in [0.29, 0.717) is 0 Å². The summed E-state index contributed by atoms with van der Waals surface area (Å²) in [5.74, 6) is 0.204. The van der Waals surface area contributed by atoms with Crippen molar-refractivity contribution in [3.63, 3.8) is 0 Å². The van der Waals surface area contributed by atoms with Crippen molar-refractivity contribution in [3.8, 4) is 0 Å². The molecule has 0 aromatic rings. The van der Waals surface area contributed by atoms with E-state index in [2.05, 4.69) is 0 Å². The third-order valence-corrected chi connectivity index (χ3v) is 0.272. The molecular formula is C5H10Cl2O. The molecule has 0 saturated heterocycles. The molecular weight excluding hydrogens is 147 g/mol. The standard InChI is InChI=1S/C4H8O.CH2Cl2/c1-4(2)3-5;2-1-3/h3-4H,1-2H3;1H2. The van der Waals surface area contributed by atoms with Gasteiger partial charge in [-0.3, -0.25) is 0 Å². The molecule has 0 saturated carbocycles. The first-order valence-corrected chi connectivity index (χ1v) is 3.33. The largest absolute Gasteiger partial charge is 0.303 e. The Hall–Kier alpha value is 0.250. The Bertz CT molecular complexity index is 45.7. The predicted molar refractivity (Wildman–Crippen MR) is 37.5 cm³/mol. The van der Waals surface area contributed by atoms with Crippen molar-refractivity contribution in [2.75, 3.05) is 5.34 Å². The first kappa shape index (κ1) is 11.1. The lowest BCUT2D eigenvalue weighted by Gasteiger charge is -1.78. The maximum Gasteiger partial charge on any atom is 0.122 e. The number of aldehydes is 1. The summed E-state index contributed by atoms with van der Waals surface area (Å²) >= 11 is 9.53. The molecule has 50 valence electrons. The van der Waals surface area contributed by atoms with Crippen molar-refractivity contribution in [2.24, 2.45) is 5.92 Å². The number of hydrogen-bond donors (Lipinski definition) is 0. The number of hydrogen-bond acceptors (Lipinski definition) is 1. The van der Waals surface area contributed by atoms with Gasteiger partial charge in [-0.15, -0.1) is 23.2 Å². The third kappa shape index (κ3) is 34.0. The van der Waals surface area contributed by atoms with Gasteiger partial charge in [-0.05, 0) is 0 Å². The van der Waals surface area contributed by atoms with Crippen molar-refractivity contribution in [1.29, 1.82) is 0 Å². The lowest BCUT2D eigenvalue weighted by atomic mass is 10.3. The molecule has 0 bridgehead atoms. The minimum absolute atomic E-state index is 0.194. The second kappa shape index (κ2) is 10.3. The van der Waals surface area contributed by atoms with Crippen LogP contribution in [0.25, 0.3) is 0 Å². The Balaban J connectivity index is 0.